The summed E-state index contributed by atoms with van der Waals surface area (Å²) >= 11 is 0. The summed E-state index contributed by atoms with van der Waals surface area (Å²) in [6, 6.07) is 21.5. The summed E-state index contributed by atoms with van der Waals surface area (Å²) in [7, 11) is 0. The number of piperidine rings is 1. The molecule has 3 heteroatoms. The third-order valence-electron chi connectivity index (χ3n) is 5.76. The van der Waals surface area contributed by atoms with E-state index in [9.17, 15) is 4.79 Å². The number of rotatable bonds is 9. The van der Waals surface area contributed by atoms with Gasteiger partial charge in [-0.3, -0.25) is 9.69 Å². The van der Waals surface area contributed by atoms with E-state index in [2.05, 4.69) is 71.3 Å². The summed E-state index contributed by atoms with van der Waals surface area (Å²) in [6.45, 7) is 6.07. The Balaban J connectivity index is 1.59. The Bertz CT molecular complexity index is 693. The van der Waals surface area contributed by atoms with Crippen LogP contribution in [0.25, 0.3) is 0 Å². The van der Waals surface area contributed by atoms with Crippen molar-refractivity contribution < 1.29 is 4.79 Å². The fraction of sp³-hybridized carbons (Fsp3) is 0.480. The van der Waals surface area contributed by atoms with Crippen molar-refractivity contribution in [2.75, 3.05) is 13.1 Å². The van der Waals surface area contributed by atoms with E-state index >= 15 is 0 Å². The molecule has 1 fully saturated rings. The molecular weight excluding hydrogens is 344 g/mol. The number of carbonyl (C=O) groups excluding carboxylic acids is 1. The van der Waals surface area contributed by atoms with Crippen LogP contribution in [0.5, 0.6) is 0 Å². The monoisotopic (exact) mass is 378 g/mol. The van der Waals surface area contributed by atoms with Crippen LogP contribution in [0, 0.1) is 0 Å². The second-order valence-corrected chi connectivity index (χ2v) is 7.96. The zero-order chi connectivity index (χ0) is 19.6. The van der Waals surface area contributed by atoms with E-state index in [1.54, 1.807) is 0 Å². The van der Waals surface area contributed by atoms with Gasteiger partial charge in [0.05, 0.1) is 0 Å². The van der Waals surface area contributed by atoms with Crippen molar-refractivity contribution >= 4 is 5.91 Å². The Morgan fingerprint density at radius 2 is 1.54 bits per heavy atom. The normalized spacial score (nSPS) is 15.5. The third-order valence-corrected chi connectivity index (χ3v) is 5.76. The number of hydrogen-bond acceptors (Lipinski definition) is 2. The zero-order valence-corrected chi connectivity index (χ0v) is 17.2. The van der Waals surface area contributed by atoms with Crippen LogP contribution in [-0.4, -0.2) is 34.8 Å². The Hall–Kier alpha value is -2.13. The quantitative estimate of drug-likeness (QED) is 0.556. The van der Waals surface area contributed by atoms with Crippen LogP contribution in [0.4, 0.5) is 0 Å². The smallest absolute Gasteiger partial charge is 0.223 e. The van der Waals surface area contributed by atoms with Crippen LogP contribution in [0.15, 0.2) is 60.7 Å². The molecule has 0 atom stereocenters. The van der Waals surface area contributed by atoms with Gasteiger partial charge in [-0.15, -0.1) is 0 Å². The number of likely N-dealkylation sites (tertiary alicyclic amines) is 1. The maximum absolute atomic E-state index is 13.0. The first kappa shape index (κ1) is 20.6. The van der Waals surface area contributed by atoms with Crippen LogP contribution in [0.1, 0.15) is 56.6 Å². The first-order valence-corrected chi connectivity index (χ1v) is 10.9. The SMILES string of the molecule is CCCCCC(=O)N(Cc1ccccc1)C1CCN(Cc2ccccc2)CC1. The highest BCUT2D eigenvalue weighted by atomic mass is 16.2. The molecule has 1 saturated heterocycles. The van der Waals surface area contributed by atoms with E-state index in [4.69, 9.17) is 0 Å². The van der Waals surface area contributed by atoms with E-state index in [1.165, 1.54) is 11.1 Å². The Morgan fingerprint density at radius 3 is 2.14 bits per heavy atom. The van der Waals surface area contributed by atoms with Gasteiger partial charge in [0.1, 0.15) is 0 Å². The second-order valence-electron chi connectivity index (χ2n) is 7.96. The Labute approximate surface area is 170 Å². The Morgan fingerprint density at radius 1 is 0.929 bits per heavy atom. The van der Waals surface area contributed by atoms with E-state index in [0.717, 1.165) is 58.3 Å². The molecule has 3 rings (SSSR count). The number of unbranched alkanes of at least 4 members (excludes halogenated alkanes) is 2. The van der Waals surface area contributed by atoms with Crippen molar-refractivity contribution in [3.05, 3.63) is 71.8 Å². The van der Waals surface area contributed by atoms with Crippen LogP contribution >= 0.6 is 0 Å². The Kier molecular flexibility index (Phi) is 8.10. The standard InChI is InChI=1S/C25H34N2O/c1-2-3-6-15-25(28)27(21-23-13-9-5-10-14-23)24-16-18-26(19-17-24)20-22-11-7-4-8-12-22/h4-5,7-14,24H,2-3,6,15-21H2,1H3. The molecule has 1 aliphatic rings. The van der Waals surface area contributed by atoms with Crippen molar-refractivity contribution in [1.82, 2.24) is 9.80 Å². The topological polar surface area (TPSA) is 23.6 Å². The molecule has 0 saturated carbocycles. The molecule has 0 spiro atoms. The van der Waals surface area contributed by atoms with Gasteiger partial charge < -0.3 is 4.90 Å². The first-order valence-electron chi connectivity index (χ1n) is 10.9. The summed E-state index contributed by atoms with van der Waals surface area (Å²) in [6.07, 6.45) is 6.13. The van der Waals surface area contributed by atoms with Gasteiger partial charge in [0.2, 0.25) is 5.91 Å². The summed E-state index contributed by atoms with van der Waals surface area (Å²) in [4.78, 5) is 17.7. The molecule has 150 valence electrons. The summed E-state index contributed by atoms with van der Waals surface area (Å²) in [5.41, 5.74) is 2.61. The van der Waals surface area contributed by atoms with Gasteiger partial charge in [-0.2, -0.15) is 0 Å². The lowest BCUT2D eigenvalue weighted by molar-refractivity contribution is -0.135. The highest BCUT2D eigenvalue weighted by Crippen LogP contribution is 2.22. The molecule has 0 radical (unpaired) electrons. The molecular formula is C25H34N2O. The van der Waals surface area contributed by atoms with Gasteiger partial charge in [0.15, 0.2) is 0 Å². The zero-order valence-electron chi connectivity index (χ0n) is 17.2. The van der Waals surface area contributed by atoms with Crippen molar-refractivity contribution in [2.24, 2.45) is 0 Å². The predicted octanol–water partition coefficient (Wildman–Crippen LogP) is 5.26. The molecule has 0 aliphatic carbocycles. The molecule has 3 nitrogen and oxygen atoms in total. The molecule has 28 heavy (non-hydrogen) atoms. The first-order chi connectivity index (χ1) is 13.8. The number of benzene rings is 2. The molecule has 2 aromatic rings. The average Bonchev–Trinajstić information content (AvgIpc) is 2.74. The number of amides is 1. The maximum atomic E-state index is 13.0. The van der Waals surface area contributed by atoms with Crippen LogP contribution in [-0.2, 0) is 17.9 Å². The lowest BCUT2D eigenvalue weighted by atomic mass is 10.0. The van der Waals surface area contributed by atoms with Crippen LogP contribution < -0.4 is 0 Å². The number of nitrogens with zero attached hydrogens (tertiary/aromatic N) is 2. The van der Waals surface area contributed by atoms with Crippen LogP contribution in [0.2, 0.25) is 0 Å². The molecule has 0 N–H and O–H groups in total. The second kappa shape index (κ2) is 11.0. The van der Waals surface area contributed by atoms with E-state index in [0.29, 0.717) is 18.4 Å². The van der Waals surface area contributed by atoms with Gasteiger partial charge in [-0.05, 0) is 30.4 Å². The number of carbonyl (C=O) groups is 1. The number of hydrogen-bond donors (Lipinski definition) is 0. The predicted molar refractivity (Wildman–Crippen MR) is 116 cm³/mol. The maximum Gasteiger partial charge on any atom is 0.223 e. The van der Waals surface area contributed by atoms with Crippen molar-refractivity contribution in [3.8, 4) is 0 Å². The lowest BCUT2D eigenvalue weighted by Gasteiger charge is -2.39. The molecule has 1 heterocycles. The summed E-state index contributed by atoms with van der Waals surface area (Å²) < 4.78 is 0. The van der Waals surface area contributed by atoms with Gasteiger partial charge in [0, 0.05) is 38.6 Å². The van der Waals surface area contributed by atoms with Crippen molar-refractivity contribution in [3.63, 3.8) is 0 Å². The van der Waals surface area contributed by atoms with E-state index in [1.807, 2.05) is 6.07 Å². The molecule has 1 aliphatic heterocycles. The third kappa shape index (κ3) is 6.20. The van der Waals surface area contributed by atoms with E-state index < -0.39 is 0 Å². The minimum absolute atomic E-state index is 0.332. The average molecular weight is 379 g/mol. The van der Waals surface area contributed by atoms with Crippen molar-refractivity contribution in [2.45, 2.75) is 64.6 Å². The molecule has 0 aromatic heterocycles. The molecule has 2 aromatic carbocycles. The fourth-order valence-electron chi connectivity index (χ4n) is 4.10. The summed E-state index contributed by atoms with van der Waals surface area (Å²) in [5, 5.41) is 0. The highest BCUT2D eigenvalue weighted by Gasteiger charge is 2.27. The minimum atomic E-state index is 0.332. The highest BCUT2D eigenvalue weighted by molar-refractivity contribution is 5.76. The van der Waals surface area contributed by atoms with Crippen molar-refractivity contribution in [1.29, 1.82) is 0 Å². The summed E-state index contributed by atoms with van der Waals surface area (Å²) in [5.74, 6) is 0.332. The van der Waals surface area contributed by atoms with Gasteiger partial charge in [0.25, 0.3) is 0 Å². The van der Waals surface area contributed by atoms with Gasteiger partial charge in [-0.1, -0.05) is 80.4 Å². The fourth-order valence-corrected chi connectivity index (χ4v) is 4.10. The minimum Gasteiger partial charge on any atom is -0.335 e. The van der Waals surface area contributed by atoms with Gasteiger partial charge >= 0.3 is 0 Å². The molecule has 0 bridgehead atoms. The molecule has 1 amide bonds. The van der Waals surface area contributed by atoms with Gasteiger partial charge in [-0.25, -0.2) is 0 Å². The largest absolute Gasteiger partial charge is 0.335 e. The lowest BCUT2D eigenvalue weighted by Crippen LogP contribution is -2.46. The molecule has 0 unspecified atom stereocenters. The van der Waals surface area contributed by atoms with E-state index in [-0.39, 0.29) is 0 Å². The van der Waals surface area contributed by atoms with Crippen LogP contribution in [0.3, 0.4) is 0 Å².